The summed E-state index contributed by atoms with van der Waals surface area (Å²) in [5, 5.41) is 13.7. The van der Waals surface area contributed by atoms with Gasteiger partial charge >= 0.3 is 5.97 Å². The number of carboxylic acid groups (broad SMARTS) is 1. The second-order valence-corrected chi connectivity index (χ2v) is 9.53. The SMILES string of the molecule is COCC(CC(=O)O)c1ccc(N(CC2CC2)C2CCOCC2)c(Nc2ccc(Cl)cc2)c1. The van der Waals surface area contributed by atoms with Crippen molar-refractivity contribution in [3.63, 3.8) is 0 Å². The molecule has 33 heavy (non-hydrogen) atoms. The third-order valence-corrected chi connectivity index (χ3v) is 6.75. The number of benzene rings is 2. The van der Waals surface area contributed by atoms with Crippen LogP contribution in [0.1, 0.15) is 43.6 Å². The van der Waals surface area contributed by atoms with E-state index in [1.165, 1.54) is 12.8 Å². The molecule has 0 bridgehead atoms. The highest BCUT2D eigenvalue weighted by atomic mass is 35.5. The van der Waals surface area contributed by atoms with Gasteiger partial charge in [-0.3, -0.25) is 4.79 Å². The van der Waals surface area contributed by atoms with Gasteiger partial charge in [-0.15, -0.1) is 0 Å². The fourth-order valence-electron chi connectivity index (χ4n) is 4.55. The van der Waals surface area contributed by atoms with Gasteiger partial charge in [0.1, 0.15) is 0 Å². The van der Waals surface area contributed by atoms with Crippen LogP contribution in [0.3, 0.4) is 0 Å². The zero-order valence-corrected chi connectivity index (χ0v) is 19.9. The Morgan fingerprint density at radius 1 is 1.18 bits per heavy atom. The minimum Gasteiger partial charge on any atom is -0.481 e. The number of anilines is 3. The lowest BCUT2D eigenvalue weighted by molar-refractivity contribution is -0.137. The summed E-state index contributed by atoms with van der Waals surface area (Å²) in [6, 6.07) is 14.4. The van der Waals surface area contributed by atoms with E-state index in [4.69, 9.17) is 21.1 Å². The quantitative estimate of drug-likeness (QED) is 0.438. The Bertz CT molecular complexity index is 926. The summed E-state index contributed by atoms with van der Waals surface area (Å²) >= 11 is 6.09. The minimum absolute atomic E-state index is 0.0271. The highest BCUT2D eigenvalue weighted by Gasteiger charge is 2.31. The normalized spacial score (nSPS) is 17.5. The van der Waals surface area contributed by atoms with Crippen LogP contribution in [0.2, 0.25) is 5.02 Å². The summed E-state index contributed by atoms with van der Waals surface area (Å²) < 4.78 is 11.0. The van der Waals surface area contributed by atoms with Crippen molar-refractivity contribution in [2.45, 2.75) is 44.1 Å². The van der Waals surface area contributed by atoms with Crippen molar-refractivity contribution in [3.05, 3.63) is 53.1 Å². The molecular weight excluding hydrogens is 440 g/mol. The Morgan fingerprint density at radius 2 is 1.91 bits per heavy atom. The Morgan fingerprint density at radius 3 is 2.55 bits per heavy atom. The minimum atomic E-state index is -0.828. The molecule has 2 fully saturated rings. The second-order valence-electron chi connectivity index (χ2n) is 9.10. The molecule has 0 radical (unpaired) electrons. The van der Waals surface area contributed by atoms with Crippen molar-refractivity contribution >= 4 is 34.6 Å². The van der Waals surface area contributed by atoms with Crippen LogP contribution < -0.4 is 10.2 Å². The molecule has 2 N–H and O–H groups in total. The lowest BCUT2D eigenvalue weighted by Crippen LogP contribution is -2.41. The van der Waals surface area contributed by atoms with Gasteiger partial charge in [-0.25, -0.2) is 0 Å². The van der Waals surface area contributed by atoms with E-state index < -0.39 is 5.97 Å². The molecule has 0 spiro atoms. The van der Waals surface area contributed by atoms with E-state index in [1.54, 1.807) is 7.11 Å². The first-order valence-corrected chi connectivity index (χ1v) is 12.1. The van der Waals surface area contributed by atoms with Gasteiger partial charge < -0.3 is 24.8 Å². The van der Waals surface area contributed by atoms with Crippen LogP contribution in [0.25, 0.3) is 0 Å². The van der Waals surface area contributed by atoms with Crippen LogP contribution >= 0.6 is 11.6 Å². The predicted octanol–water partition coefficient (Wildman–Crippen LogP) is 5.68. The summed E-state index contributed by atoms with van der Waals surface area (Å²) in [6.45, 7) is 2.98. The summed E-state index contributed by atoms with van der Waals surface area (Å²) in [7, 11) is 1.61. The summed E-state index contributed by atoms with van der Waals surface area (Å²) in [5.74, 6) is -0.303. The number of carbonyl (C=O) groups is 1. The lowest BCUT2D eigenvalue weighted by Gasteiger charge is -2.38. The van der Waals surface area contributed by atoms with Gasteiger partial charge in [0.15, 0.2) is 0 Å². The van der Waals surface area contributed by atoms with Gasteiger partial charge in [0.05, 0.1) is 24.4 Å². The van der Waals surface area contributed by atoms with Gasteiger partial charge in [0.2, 0.25) is 0 Å². The molecule has 2 aromatic carbocycles. The largest absolute Gasteiger partial charge is 0.481 e. The van der Waals surface area contributed by atoms with Gasteiger partial charge in [-0.1, -0.05) is 17.7 Å². The van der Waals surface area contributed by atoms with Crippen LogP contribution in [0.5, 0.6) is 0 Å². The molecule has 1 aliphatic carbocycles. The van der Waals surface area contributed by atoms with E-state index in [0.717, 1.165) is 61.1 Å². The highest BCUT2D eigenvalue weighted by Crippen LogP contribution is 2.39. The Hall–Kier alpha value is -2.28. The molecule has 2 aromatic rings. The van der Waals surface area contributed by atoms with E-state index in [1.807, 2.05) is 24.3 Å². The maximum absolute atomic E-state index is 11.5. The topological polar surface area (TPSA) is 71.0 Å². The number of methoxy groups -OCH3 is 1. The van der Waals surface area contributed by atoms with Crippen LogP contribution in [0.15, 0.2) is 42.5 Å². The van der Waals surface area contributed by atoms with E-state index in [-0.39, 0.29) is 12.3 Å². The number of nitrogens with zero attached hydrogens (tertiary/aromatic N) is 1. The smallest absolute Gasteiger partial charge is 0.304 e. The summed E-state index contributed by atoms with van der Waals surface area (Å²) in [6.07, 6.45) is 4.62. The first-order valence-electron chi connectivity index (χ1n) is 11.7. The van der Waals surface area contributed by atoms with Crippen LogP contribution in [0, 0.1) is 5.92 Å². The molecule has 2 aliphatic rings. The number of nitrogens with one attached hydrogen (secondary N) is 1. The molecule has 178 valence electrons. The molecule has 4 rings (SSSR count). The Labute approximate surface area is 200 Å². The molecule has 0 aromatic heterocycles. The molecule has 1 aliphatic heterocycles. The number of hydrogen-bond acceptors (Lipinski definition) is 5. The monoisotopic (exact) mass is 472 g/mol. The summed E-state index contributed by atoms with van der Waals surface area (Å²) in [5.41, 5.74) is 4.03. The van der Waals surface area contributed by atoms with Gasteiger partial charge in [0, 0.05) is 49.5 Å². The van der Waals surface area contributed by atoms with Crippen LogP contribution in [0.4, 0.5) is 17.1 Å². The van der Waals surface area contributed by atoms with Crippen LogP contribution in [-0.2, 0) is 14.3 Å². The van der Waals surface area contributed by atoms with E-state index >= 15 is 0 Å². The lowest BCUT2D eigenvalue weighted by atomic mass is 9.94. The number of hydrogen-bond donors (Lipinski definition) is 2. The van der Waals surface area contributed by atoms with E-state index in [9.17, 15) is 9.90 Å². The molecule has 7 heteroatoms. The molecular formula is C26H33ClN2O4. The first-order chi connectivity index (χ1) is 16.0. The fourth-order valence-corrected chi connectivity index (χ4v) is 4.68. The molecule has 6 nitrogen and oxygen atoms in total. The van der Waals surface area contributed by atoms with E-state index in [0.29, 0.717) is 17.7 Å². The zero-order chi connectivity index (χ0) is 23.2. The maximum Gasteiger partial charge on any atom is 0.304 e. The van der Waals surface area contributed by atoms with Crippen molar-refractivity contribution < 1.29 is 19.4 Å². The van der Waals surface area contributed by atoms with Crippen molar-refractivity contribution in [2.24, 2.45) is 5.92 Å². The summed E-state index contributed by atoms with van der Waals surface area (Å²) in [4.78, 5) is 14.0. The van der Waals surface area contributed by atoms with Gasteiger partial charge in [0.25, 0.3) is 0 Å². The molecule has 0 amide bonds. The van der Waals surface area contributed by atoms with Crippen molar-refractivity contribution in [3.8, 4) is 0 Å². The average Bonchev–Trinajstić information content (AvgIpc) is 3.64. The van der Waals surface area contributed by atoms with Crippen molar-refractivity contribution in [1.82, 2.24) is 0 Å². The Balaban J connectivity index is 1.71. The maximum atomic E-state index is 11.5. The molecule has 1 atom stereocenters. The number of ether oxygens (including phenoxy) is 2. The van der Waals surface area contributed by atoms with Crippen LogP contribution in [-0.4, -0.2) is 50.6 Å². The number of rotatable bonds is 11. The second kappa shape index (κ2) is 11.2. The standard InChI is InChI=1S/C26H33ClN2O4/c1-32-17-20(15-26(30)31)19-4-9-25(24(14-19)28-22-7-5-21(27)6-8-22)29(16-18-2-3-18)23-10-12-33-13-11-23/h4-9,14,18,20,23,28H,2-3,10-13,15-17H2,1H3,(H,30,31). The Kier molecular flexibility index (Phi) is 8.12. The fraction of sp³-hybridized carbons (Fsp3) is 0.500. The van der Waals surface area contributed by atoms with E-state index in [2.05, 4.69) is 28.4 Å². The number of aliphatic carboxylic acids is 1. The predicted molar refractivity (Wildman–Crippen MR) is 132 cm³/mol. The molecule has 1 saturated carbocycles. The van der Waals surface area contributed by atoms with Crippen molar-refractivity contribution in [2.75, 3.05) is 43.7 Å². The van der Waals surface area contributed by atoms with Crippen molar-refractivity contribution in [1.29, 1.82) is 0 Å². The third-order valence-electron chi connectivity index (χ3n) is 6.50. The zero-order valence-electron chi connectivity index (χ0n) is 19.1. The van der Waals surface area contributed by atoms with Gasteiger partial charge in [-0.2, -0.15) is 0 Å². The molecule has 1 saturated heterocycles. The molecule has 1 heterocycles. The average molecular weight is 473 g/mol. The third kappa shape index (κ3) is 6.62. The number of halogens is 1. The molecule has 1 unspecified atom stereocenters. The number of carboxylic acids is 1. The van der Waals surface area contributed by atoms with Gasteiger partial charge in [-0.05, 0) is 73.6 Å². The first kappa shape index (κ1) is 23.9. The highest BCUT2D eigenvalue weighted by molar-refractivity contribution is 6.30.